The number of nitrogens with zero attached hydrogens (tertiary/aromatic N) is 4. The second-order valence-electron chi connectivity index (χ2n) is 8.03. The summed E-state index contributed by atoms with van der Waals surface area (Å²) in [5.74, 6) is 0.992. The fraction of sp³-hybridized carbons (Fsp3) is 0.200. The maximum atomic E-state index is 13.5. The van der Waals surface area contributed by atoms with Crippen molar-refractivity contribution in [2.45, 2.75) is 13.3 Å². The average Bonchev–Trinajstić information content (AvgIpc) is 3.51. The molecule has 0 aliphatic carbocycles. The number of nitrogens with one attached hydrogen (secondary N) is 1. The van der Waals surface area contributed by atoms with Crippen LogP contribution in [0.1, 0.15) is 21.5 Å². The second-order valence-corrected chi connectivity index (χ2v) is 8.03. The molecule has 0 atom stereocenters. The Bertz CT molecular complexity index is 1410. The lowest BCUT2D eigenvalue weighted by molar-refractivity contribution is 0.0991. The molecular formula is C25H23N5O4. The van der Waals surface area contributed by atoms with Gasteiger partial charge in [0.05, 0.1) is 36.9 Å². The highest BCUT2D eigenvalue weighted by molar-refractivity contribution is 6.07. The van der Waals surface area contributed by atoms with Gasteiger partial charge in [0.2, 0.25) is 0 Å². The lowest BCUT2D eigenvalue weighted by Crippen LogP contribution is -2.27. The number of carbonyl (C=O) groups is 2. The summed E-state index contributed by atoms with van der Waals surface area (Å²) >= 11 is 0. The maximum absolute atomic E-state index is 13.5. The molecule has 3 aromatic heterocycles. The Labute approximate surface area is 196 Å². The molecule has 9 heteroatoms. The molecule has 1 aromatic carbocycles. The highest BCUT2D eigenvalue weighted by Gasteiger charge is 2.23. The van der Waals surface area contributed by atoms with E-state index in [0.717, 1.165) is 45.9 Å². The van der Waals surface area contributed by atoms with Gasteiger partial charge in [-0.3, -0.25) is 14.5 Å². The van der Waals surface area contributed by atoms with Gasteiger partial charge in [-0.05, 0) is 42.3 Å². The lowest BCUT2D eigenvalue weighted by Gasteiger charge is -2.20. The molecular weight excluding hydrogens is 434 g/mol. The number of hydrogen-bond acceptors (Lipinski definition) is 6. The minimum atomic E-state index is -0.590. The molecule has 0 unspecified atom stereocenters. The molecule has 0 radical (unpaired) electrons. The van der Waals surface area contributed by atoms with Crippen molar-refractivity contribution in [3.8, 4) is 17.0 Å². The fourth-order valence-electron chi connectivity index (χ4n) is 4.13. The monoisotopic (exact) mass is 457 g/mol. The Morgan fingerprint density at radius 2 is 2.03 bits per heavy atom. The third-order valence-electron chi connectivity index (χ3n) is 5.87. The first-order valence-corrected chi connectivity index (χ1v) is 10.8. The van der Waals surface area contributed by atoms with Crippen LogP contribution in [-0.4, -0.2) is 47.1 Å². The number of imidazole rings is 1. The van der Waals surface area contributed by atoms with Crippen molar-refractivity contribution in [1.29, 1.82) is 0 Å². The number of benzene rings is 1. The van der Waals surface area contributed by atoms with E-state index in [1.807, 2.05) is 41.7 Å². The van der Waals surface area contributed by atoms with Gasteiger partial charge in [0.15, 0.2) is 0 Å². The highest BCUT2D eigenvalue weighted by Crippen LogP contribution is 2.36. The number of anilines is 2. The van der Waals surface area contributed by atoms with E-state index >= 15 is 0 Å². The number of fused-ring (bicyclic) bond motifs is 2. The Balaban J connectivity index is 1.49. The molecule has 0 spiro atoms. The van der Waals surface area contributed by atoms with Crippen molar-refractivity contribution in [1.82, 2.24) is 14.4 Å². The van der Waals surface area contributed by atoms with E-state index in [0.29, 0.717) is 18.0 Å². The van der Waals surface area contributed by atoms with E-state index in [9.17, 15) is 9.59 Å². The largest absolute Gasteiger partial charge is 0.491 e. The number of para-hydroxylation sites is 1. The van der Waals surface area contributed by atoms with Crippen LogP contribution < -0.4 is 15.0 Å². The molecule has 4 aromatic rings. The number of hydrogen-bond donors (Lipinski definition) is 1. The van der Waals surface area contributed by atoms with Crippen LogP contribution in [-0.2, 0) is 11.2 Å². The second kappa shape index (κ2) is 8.51. The standard InChI is InChI=1S/C25H23N5O4/c1-15-11-18(24(31)29(2)19-6-4-5-16-9-10-34-22(16)19)14-30-20(13-27-23(15)30)17-7-8-21(26-12-17)28-25(32)33-3/h4-8,11-14H,9-10H2,1-3H3,(H,26,28,32). The zero-order valence-electron chi connectivity index (χ0n) is 19.0. The SMILES string of the molecule is COC(=O)Nc1ccc(-c2cnc3c(C)cc(C(=O)N(C)c4cccc5c4OCC5)cn23)cn1. The van der Waals surface area contributed by atoms with E-state index < -0.39 is 6.09 Å². The summed E-state index contributed by atoms with van der Waals surface area (Å²) in [7, 11) is 3.05. The van der Waals surface area contributed by atoms with E-state index in [1.165, 1.54) is 7.11 Å². The van der Waals surface area contributed by atoms with Crippen LogP contribution in [0.15, 0.2) is 55.0 Å². The lowest BCUT2D eigenvalue weighted by atomic mass is 10.1. The zero-order chi connectivity index (χ0) is 23.8. The van der Waals surface area contributed by atoms with Crippen molar-refractivity contribution >= 4 is 29.2 Å². The quantitative estimate of drug-likeness (QED) is 0.496. The molecule has 1 aliphatic heterocycles. The van der Waals surface area contributed by atoms with Crippen molar-refractivity contribution in [3.63, 3.8) is 0 Å². The minimum Gasteiger partial charge on any atom is -0.491 e. The fourth-order valence-corrected chi connectivity index (χ4v) is 4.13. The Hall–Kier alpha value is -4.40. The van der Waals surface area contributed by atoms with Crippen LogP contribution in [0.25, 0.3) is 16.9 Å². The van der Waals surface area contributed by atoms with Crippen molar-refractivity contribution < 1.29 is 19.1 Å². The number of ether oxygens (including phenoxy) is 2. The zero-order valence-corrected chi connectivity index (χ0v) is 19.0. The highest BCUT2D eigenvalue weighted by atomic mass is 16.5. The first-order valence-electron chi connectivity index (χ1n) is 10.8. The van der Waals surface area contributed by atoms with Crippen LogP contribution in [0.5, 0.6) is 5.75 Å². The molecule has 172 valence electrons. The van der Waals surface area contributed by atoms with Crippen molar-refractivity contribution in [2.24, 2.45) is 0 Å². The summed E-state index contributed by atoms with van der Waals surface area (Å²) in [6.45, 7) is 2.55. The molecule has 0 bridgehead atoms. The Morgan fingerprint density at radius 1 is 1.18 bits per heavy atom. The van der Waals surface area contributed by atoms with Gasteiger partial charge in [0, 0.05) is 31.4 Å². The molecule has 34 heavy (non-hydrogen) atoms. The number of rotatable bonds is 4. The number of methoxy groups -OCH3 is 1. The van der Waals surface area contributed by atoms with Gasteiger partial charge >= 0.3 is 6.09 Å². The summed E-state index contributed by atoms with van der Waals surface area (Å²) in [5, 5.41) is 2.53. The van der Waals surface area contributed by atoms with Crippen LogP contribution in [0.3, 0.4) is 0 Å². The number of aromatic nitrogens is 3. The Morgan fingerprint density at radius 3 is 2.79 bits per heavy atom. The molecule has 0 saturated heterocycles. The summed E-state index contributed by atoms with van der Waals surface area (Å²) in [6, 6.07) is 11.2. The van der Waals surface area contributed by atoms with Crippen LogP contribution in [0, 0.1) is 6.92 Å². The normalized spacial score (nSPS) is 12.2. The van der Waals surface area contributed by atoms with E-state index in [4.69, 9.17) is 4.74 Å². The third-order valence-corrected chi connectivity index (χ3v) is 5.87. The third kappa shape index (κ3) is 3.71. The molecule has 0 saturated carbocycles. The molecule has 4 heterocycles. The van der Waals surface area contributed by atoms with E-state index in [1.54, 1.807) is 36.6 Å². The summed E-state index contributed by atoms with van der Waals surface area (Å²) < 4.78 is 12.3. The van der Waals surface area contributed by atoms with E-state index in [-0.39, 0.29) is 5.91 Å². The van der Waals surface area contributed by atoms with Gasteiger partial charge in [0.1, 0.15) is 17.2 Å². The minimum absolute atomic E-state index is 0.149. The van der Waals surface area contributed by atoms with Gasteiger partial charge in [-0.25, -0.2) is 14.8 Å². The van der Waals surface area contributed by atoms with Crippen LogP contribution in [0.2, 0.25) is 0 Å². The first kappa shape index (κ1) is 21.4. The van der Waals surface area contributed by atoms with Gasteiger partial charge in [-0.1, -0.05) is 12.1 Å². The predicted octanol–water partition coefficient (Wildman–Crippen LogP) is 4.09. The molecule has 0 fully saturated rings. The average molecular weight is 457 g/mol. The maximum Gasteiger partial charge on any atom is 0.412 e. The number of aryl methyl sites for hydroxylation is 1. The van der Waals surface area contributed by atoms with Crippen molar-refractivity contribution in [2.75, 3.05) is 31.0 Å². The molecule has 1 N–H and O–H groups in total. The molecule has 5 rings (SSSR count). The molecule has 9 nitrogen and oxygen atoms in total. The smallest absolute Gasteiger partial charge is 0.412 e. The summed E-state index contributed by atoms with van der Waals surface area (Å²) in [6.07, 6.45) is 5.41. The summed E-state index contributed by atoms with van der Waals surface area (Å²) in [4.78, 5) is 35.3. The van der Waals surface area contributed by atoms with Gasteiger partial charge in [0.25, 0.3) is 5.91 Å². The van der Waals surface area contributed by atoms with Gasteiger partial charge in [-0.2, -0.15) is 0 Å². The first-order chi connectivity index (χ1) is 16.5. The van der Waals surface area contributed by atoms with Gasteiger partial charge in [-0.15, -0.1) is 0 Å². The topological polar surface area (TPSA) is 98.1 Å². The molecule has 2 amide bonds. The van der Waals surface area contributed by atoms with Crippen LogP contribution in [0.4, 0.5) is 16.3 Å². The van der Waals surface area contributed by atoms with Crippen molar-refractivity contribution in [3.05, 3.63) is 71.7 Å². The predicted molar refractivity (Wildman–Crippen MR) is 128 cm³/mol. The van der Waals surface area contributed by atoms with Gasteiger partial charge < -0.3 is 14.4 Å². The molecule has 1 aliphatic rings. The Kier molecular flexibility index (Phi) is 5.37. The van der Waals surface area contributed by atoms with E-state index in [2.05, 4.69) is 20.0 Å². The summed E-state index contributed by atoms with van der Waals surface area (Å²) in [5.41, 5.74) is 5.57. The van der Waals surface area contributed by atoms with Crippen LogP contribution >= 0.6 is 0 Å². The number of pyridine rings is 2. The number of amides is 2. The number of carbonyl (C=O) groups excluding carboxylic acids is 2.